The van der Waals surface area contributed by atoms with Crippen LogP contribution in [-0.4, -0.2) is 43.5 Å². The Morgan fingerprint density at radius 3 is 2.42 bits per heavy atom. The maximum atomic E-state index is 13.4. The minimum atomic E-state index is -0.496. The third kappa shape index (κ3) is 5.38. The molecule has 176 valence electrons. The molecule has 6 nitrogen and oxygen atoms in total. The van der Waals surface area contributed by atoms with Gasteiger partial charge in [0.05, 0.1) is 12.5 Å². The second-order valence-corrected chi connectivity index (χ2v) is 9.44. The number of hydrogen-bond donors (Lipinski definition) is 2. The summed E-state index contributed by atoms with van der Waals surface area (Å²) in [5.74, 6) is 0.718. The maximum Gasteiger partial charge on any atom is 0.235 e. The van der Waals surface area contributed by atoms with E-state index in [1.54, 1.807) is 7.11 Å². The zero-order valence-corrected chi connectivity index (χ0v) is 19.5. The summed E-state index contributed by atoms with van der Waals surface area (Å²) in [6.45, 7) is 2.82. The summed E-state index contributed by atoms with van der Waals surface area (Å²) >= 11 is 0. The molecule has 0 atom stereocenters. The third-order valence-electron chi connectivity index (χ3n) is 7.43. The molecule has 2 aromatic carbocycles. The second kappa shape index (κ2) is 10.4. The Kier molecular flexibility index (Phi) is 7.33. The van der Waals surface area contributed by atoms with E-state index in [1.807, 2.05) is 36.4 Å². The average Bonchev–Trinajstić information content (AvgIpc) is 3.35. The van der Waals surface area contributed by atoms with Gasteiger partial charge >= 0.3 is 0 Å². The first-order chi connectivity index (χ1) is 16.0. The molecule has 3 N–H and O–H groups in total. The number of hydrogen-bond acceptors (Lipinski definition) is 4. The monoisotopic (exact) mass is 449 g/mol. The van der Waals surface area contributed by atoms with Crippen molar-refractivity contribution >= 4 is 17.5 Å². The second-order valence-electron chi connectivity index (χ2n) is 9.44. The van der Waals surface area contributed by atoms with E-state index in [2.05, 4.69) is 22.3 Å². The number of methoxy groups -OCH3 is 1. The number of nitrogens with one attached hydrogen (secondary N) is 1. The first-order valence-corrected chi connectivity index (χ1v) is 12.1. The molecule has 1 saturated carbocycles. The zero-order chi connectivity index (χ0) is 23.3. The number of benzene rings is 2. The van der Waals surface area contributed by atoms with Gasteiger partial charge in [0.2, 0.25) is 11.8 Å². The minimum absolute atomic E-state index is 0.0317. The Labute approximate surface area is 196 Å². The predicted octanol–water partition coefficient (Wildman–Crippen LogP) is 3.89. The van der Waals surface area contributed by atoms with Crippen LogP contribution >= 0.6 is 0 Å². The molecule has 2 amide bonds. The van der Waals surface area contributed by atoms with Gasteiger partial charge in [-0.1, -0.05) is 37.1 Å². The summed E-state index contributed by atoms with van der Waals surface area (Å²) in [7, 11) is 1.66. The van der Waals surface area contributed by atoms with E-state index < -0.39 is 5.41 Å². The number of anilines is 1. The van der Waals surface area contributed by atoms with E-state index in [1.165, 1.54) is 5.56 Å². The number of amides is 2. The van der Waals surface area contributed by atoms with Crippen molar-refractivity contribution in [3.8, 4) is 5.75 Å². The first-order valence-electron chi connectivity index (χ1n) is 12.1. The molecular weight excluding hydrogens is 414 g/mol. The van der Waals surface area contributed by atoms with Gasteiger partial charge in [0, 0.05) is 18.2 Å². The number of primary amides is 1. The normalized spacial score (nSPS) is 18.7. The number of likely N-dealkylation sites (tertiary alicyclic amines) is 1. The van der Waals surface area contributed by atoms with Gasteiger partial charge in [-0.2, -0.15) is 0 Å². The Bertz CT molecular complexity index is 959. The number of ether oxygens (including phenoxy) is 1. The van der Waals surface area contributed by atoms with Crippen molar-refractivity contribution in [2.75, 3.05) is 32.1 Å². The van der Waals surface area contributed by atoms with Gasteiger partial charge in [0.15, 0.2) is 0 Å². The van der Waals surface area contributed by atoms with Crippen LogP contribution in [0, 0.1) is 5.92 Å². The van der Waals surface area contributed by atoms with Crippen LogP contribution in [0.25, 0.3) is 0 Å². The van der Waals surface area contributed by atoms with E-state index in [-0.39, 0.29) is 17.7 Å². The van der Waals surface area contributed by atoms with Crippen molar-refractivity contribution in [2.45, 2.75) is 50.4 Å². The highest BCUT2D eigenvalue weighted by molar-refractivity contribution is 5.99. The van der Waals surface area contributed by atoms with Crippen LogP contribution in [0.3, 0.4) is 0 Å². The summed E-state index contributed by atoms with van der Waals surface area (Å²) in [6, 6.07) is 16.1. The van der Waals surface area contributed by atoms with Gasteiger partial charge in [-0.3, -0.25) is 9.59 Å². The topological polar surface area (TPSA) is 84.7 Å². The summed E-state index contributed by atoms with van der Waals surface area (Å²) in [4.78, 5) is 27.2. The molecule has 2 aromatic rings. The fraction of sp³-hybridized carbons (Fsp3) is 0.481. The molecule has 1 saturated heterocycles. The molecule has 0 unspecified atom stereocenters. The van der Waals surface area contributed by atoms with Gasteiger partial charge < -0.3 is 20.7 Å². The summed E-state index contributed by atoms with van der Waals surface area (Å²) in [6.07, 6.45) is 6.49. The zero-order valence-electron chi connectivity index (χ0n) is 19.5. The summed E-state index contributed by atoms with van der Waals surface area (Å²) in [5, 5.41) is 3.17. The Morgan fingerprint density at radius 2 is 1.79 bits per heavy atom. The van der Waals surface area contributed by atoms with Crippen molar-refractivity contribution in [1.29, 1.82) is 0 Å². The molecule has 4 rings (SSSR count). The van der Waals surface area contributed by atoms with Crippen LogP contribution < -0.4 is 15.8 Å². The van der Waals surface area contributed by atoms with Crippen LogP contribution in [-0.2, 0) is 21.4 Å². The fourth-order valence-corrected chi connectivity index (χ4v) is 5.28. The Balaban J connectivity index is 1.35. The quantitative estimate of drug-likeness (QED) is 0.640. The molecule has 1 aliphatic heterocycles. The van der Waals surface area contributed by atoms with E-state index in [4.69, 9.17) is 10.5 Å². The first kappa shape index (κ1) is 23.3. The lowest BCUT2D eigenvalue weighted by Crippen LogP contribution is -2.39. The van der Waals surface area contributed by atoms with Crippen LogP contribution in [0.4, 0.5) is 5.69 Å². The lowest BCUT2D eigenvalue weighted by Gasteiger charge is -2.30. The maximum absolute atomic E-state index is 13.4. The SMILES string of the molecule is COc1cccc(C2(C(=O)Nc3ccc(CCN4CCC(C(N)=O)CC4)cc3)CCCC2)c1. The molecule has 0 bridgehead atoms. The highest BCUT2D eigenvalue weighted by atomic mass is 16.5. The summed E-state index contributed by atoms with van der Waals surface area (Å²) in [5.41, 5.74) is 8.04. The van der Waals surface area contributed by atoms with E-state index in [0.717, 1.165) is 81.6 Å². The van der Waals surface area contributed by atoms with Crippen LogP contribution in [0.1, 0.15) is 49.7 Å². The van der Waals surface area contributed by atoms with Gasteiger partial charge in [-0.05, 0) is 80.6 Å². The van der Waals surface area contributed by atoms with Crippen molar-refractivity contribution in [3.05, 3.63) is 59.7 Å². The predicted molar refractivity (Wildman–Crippen MR) is 130 cm³/mol. The van der Waals surface area contributed by atoms with E-state index >= 15 is 0 Å². The van der Waals surface area contributed by atoms with E-state index in [9.17, 15) is 9.59 Å². The minimum Gasteiger partial charge on any atom is -0.497 e. The van der Waals surface area contributed by atoms with Crippen molar-refractivity contribution < 1.29 is 14.3 Å². The van der Waals surface area contributed by atoms with Crippen LogP contribution in [0.15, 0.2) is 48.5 Å². The Hall–Kier alpha value is -2.86. The van der Waals surface area contributed by atoms with Crippen molar-refractivity contribution in [2.24, 2.45) is 11.7 Å². The molecule has 33 heavy (non-hydrogen) atoms. The third-order valence-corrected chi connectivity index (χ3v) is 7.43. The van der Waals surface area contributed by atoms with Crippen molar-refractivity contribution in [1.82, 2.24) is 4.90 Å². The number of nitrogens with zero attached hydrogens (tertiary/aromatic N) is 1. The lowest BCUT2D eigenvalue weighted by atomic mass is 9.78. The molecule has 6 heteroatoms. The number of piperidine rings is 1. The van der Waals surface area contributed by atoms with Crippen LogP contribution in [0.5, 0.6) is 5.75 Å². The number of nitrogens with two attached hydrogens (primary N) is 1. The fourth-order valence-electron chi connectivity index (χ4n) is 5.28. The molecule has 0 aromatic heterocycles. The van der Waals surface area contributed by atoms with Gasteiger partial charge in [0.1, 0.15) is 5.75 Å². The highest BCUT2D eigenvalue weighted by Gasteiger charge is 2.42. The lowest BCUT2D eigenvalue weighted by molar-refractivity contribution is -0.123. The van der Waals surface area contributed by atoms with E-state index in [0.29, 0.717) is 0 Å². The molecular formula is C27H35N3O3. The largest absolute Gasteiger partial charge is 0.497 e. The highest BCUT2D eigenvalue weighted by Crippen LogP contribution is 2.43. The summed E-state index contributed by atoms with van der Waals surface area (Å²) < 4.78 is 5.40. The smallest absolute Gasteiger partial charge is 0.235 e. The van der Waals surface area contributed by atoms with Crippen LogP contribution in [0.2, 0.25) is 0 Å². The Morgan fingerprint density at radius 1 is 1.09 bits per heavy atom. The van der Waals surface area contributed by atoms with Gasteiger partial charge in [0.25, 0.3) is 0 Å². The molecule has 2 aliphatic rings. The molecule has 1 aliphatic carbocycles. The number of rotatable bonds is 8. The number of carbonyl (C=O) groups excluding carboxylic acids is 2. The average molecular weight is 450 g/mol. The van der Waals surface area contributed by atoms with Gasteiger partial charge in [-0.25, -0.2) is 0 Å². The molecule has 2 fully saturated rings. The van der Waals surface area contributed by atoms with Gasteiger partial charge in [-0.15, -0.1) is 0 Å². The standard InChI is InChI=1S/C27H35N3O3/c1-33-24-6-4-5-22(19-24)27(14-2-3-15-27)26(32)29-23-9-7-20(8-10-23)11-16-30-17-12-21(13-18-30)25(28)31/h4-10,19,21H,2-3,11-18H2,1H3,(H2,28,31)(H,29,32). The molecule has 1 heterocycles. The molecule has 0 radical (unpaired) electrons. The van der Waals surface area contributed by atoms with Crippen molar-refractivity contribution in [3.63, 3.8) is 0 Å². The molecule has 0 spiro atoms. The number of carbonyl (C=O) groups is 2.